The number of nitrogens with zero attached hydrogens (tertiary/aromatic N) is 1. The summed E-state index contributed by atoms with van der Waals surface area (Å²) >= 11 is 0. The second kappa shape index (κ2) is 6.28. The fourth-order valence-electron chi connectivity index (χ4n) is 4.18. The quantitative estimate of drug-likeness (QED) is 0.907. The minimum Gasteiger partial charge on any atom is -0.312 e. The SMILES string of the molecule is CCC1CCN(C2CCc3ccccc3C2NC)CC1. The number of nitrogens with one attached hydrogen (secondary N) is 1. The Morgan fingerprint density at radius 2 is 1.90 bits per heavy atom. The van der Waals surface area contributed by atoms with Crippen LogP contribution in [0.4, 0.5) is 0 Å². The lowest BCUT2D eigenvalue weighted by Crippen LogP contribution is -2.49. The van der Waals surface area contributed by atoms with E-state index in [1.807, 2.05) is 0 Å². The van der Waals surface area contributed by atoms with Gasteiger partial charge in [0.05, 0.1) is 0 Å². The van der Waals surface area contributed by atoms with Crippen molar-refractivity contribution in [2.75, 3.05) is 20.1 Å². The Morgan fingerprint density at radius 1 is 1.15 bits per heavy atom. The van der Waals surface area contributed by atoms with Gasteiger partial charge in [0.2, 0.25) is 0 Å². The van der Waals surface area contributed by atoms with Crippen molar-refractivity contribution < 1.29 is 0 Å². The maximum atomic E-state index is 3.59. The molecule has 1 aromatic carbocycles. The Hall–Kier alpha value is -0.860. The molecule has 1 aromatic rings. The maximum Gasteiger partial charge on any atom is 0.0478 e. The third-order valence-electron chi connectivity index (χ3n) is 5.49. The number of aryl methyl sites for hydroxylation is 1. The van der Waals surface area contributed by atoms with Gasteiger partial charge in [-0.15, -0.1) is 0 Å². The predicted molar refractivity (Wildman–Crippen MR) is 84.9 cm³/mol. The standard InChI is InChI=1S/C18H28N2/c1-3-14-10-12-20(13-11-14)17-9-8-15-6-4-5-7-16(15)18(17)19-2/h4-7,14,17-19H,3,8-13H2,1-2H3. The van der Waals surface area contributed by atoms with Gasteiger partial charge in [0, 0.05) is 12.1 Å². The third kappa shape index (κ3) is 2.64. The van der Waals surface area contributed by atoms with Crippen molar-refractivity contribution in [1.29, 1.82) is 0 Å². The molecule has 20 heavy (non-hydrogen) atoms. The average Bonchev–Trinajstić information content (AvgIpc) is 2.54. The summed E-state index contributed by atoms with van der Waals surface area (Å²) in [5.74, 6) is 0.968. The van der Waals surface area contributed by atoms with Crippen molar-refractivity contribution in [3.05, 3.63) is 35.4 Å². The summed E-state index contributed by atoms with van der Waals surface area (Å²) in [7, 11) is 2.12. The van der Waals surface area contributed by atoms with Crippen molar-refractivity contribution >= 4 is 0 Å². The van der Waals surface area contributed by atoms with Crippen molar-refractivity contribution in [1.82, 2.24) is 10.2 Å². The fraction of sp³-hybridized carbons (Fsp3) is 0.667. The fourth-order valence-corrected chi connectivity index (χ4v) is 4.18. The van der Waals surface area contributed by atoms with Crippen LogP contribution in [-0.2, 0) is 6.42 Å². The molecule has 1 aliphatic heterocycles. The first kappa shape index (κ1) is 14.1. The number of piperidine rings is 1. The van der Waals surface area contributed by atoms with Gasteiger partial charge in [-0.3, -0.25) is 4.90 Å². The van der Waals surface area contributed by atoms with Gasteiger partial charge in [-0.05, 0) is 62.9 Å². The summed E-state index contributed by atoms with van der Waals surface area (Å²) in [6, 6.07) is 10.2. The second-order valence-corrected chi connectivity index (χ2v) is 6.46. The number of likely N-dealkylation sites (tertiary alicyclic amines) is 1. The van der Waals surface area contributed by atoms with E-state index in [2.05, 4.69) is 48.5 Å². The summed E-state index contributed by atoms with van der Waals surface area (Å²) in [5.41, 5.74) is 3.08. The number of hydrogen-bond donors (Lipinski definition) is 1. The Labute approximate surface area is 123 Å². The molecule has 110 valence electrons. The van der Waals surface area contributed by atoms with Gasteiger partial charge < -0.3 is 5.32 Å². The van der Waals surface area contributed by atoms with Crippen molar-refractivity contribution in [3.63, 3.8) is 0 Å². The molecule has 1 heterocycles. The van der Waals surface area contributed by atoms with E-state index in [9.17, 15) is 0 Å². The van der Waals surface area contributed by atoms with E-state index in [-0.39, 0.29) is 0 Å². The zero-order valence-electron chi connectivity index (χ0n) is 12.9. The van der Waals surface area contributed by atoms with Crippen LogP contribution in [0.25, 0.3) is 0 Å². The first-order valence-corrected chi connectivity index (χ1v) is 8.32. The third-order valence-corrected chi connectivity index (χ3v) is 5.49. The van der Waals surface area contributed by atoms with E-state index in [1.54, 1.807) is 5.56 Å². The van der Waals surface area contributed by atoms with Crippen LogP contribution >= 0.6 is 0 Å². The van der Waals surface area contributed by atoms with Crippen LogP contribution < -0.4 is 5.32 Å². The molecular weight excluding hydrogens is 244 g/mol. The Balaban J connectivity index is 1.75. The molecule has 3 rings (SSSR count). The van der Waals surface area contributed by atoms with E-state index in [1.165, 1.54) is 50.8 Å². The lowest BCUT2D eigenvalue weighted by atomic mass is 9.82. The Bertz CT molecular complexity index is 435. The molecule has 0 spiro atoms. The first-order chi connectivity index (χ1) is 9.83. The van der Waals surface area contributed by atoms with Crippen molar-refractivity contribution in [2.24, 2.45) is 5.92 Å². The van der Waals surface area contributed by atoms with Crippen molar-refractivity contribution in [2.45, 2.75) is 51.1 Å². The summed E-state index contributed by atoms with van der Waals surface area (Å²) in [5, 5.41) is 3.59. The van der Waals surface area contributed by atoms with E-state index < -0.39 is 0 Å². The molecule has 0 aromatic heterocycles. The lowest BCUT2D eigenvalue weighted by molar-refractivity contribution is 0.0962. The zero-order chi connectivity index (χ0) is 13.9. The number of rotatable bonds is 3. The van der Waals surface area contributed by atoms with Gasteiger partial charge in [0.1, 0.15) is 0 Å². The number of likely N-dealkylation sites (N-methyl/N-ethyl adjacent to an activating group) is 1. The zero-order valence-corrected chi connectivity index (χ0v) is 12.9. The van der Waals surface area contributed by atoms with Crippen molar-refractivity contribution in [3.8, 4) is 0 Å². The van der Waals surface area contributed by atoms with Gasteiger partial charge in [0.25, 0.3) is 0 Å². The Morgan fingerprint density at radius 3 is 2.60 bits per heavy atom. The molecule has 0 radical (unpaired) electrons. The van der Waals surface area contributed by atoms with Crippen LogP contribution in [-0.4, -0.2) is 31.1 Å². The highest BCUT2D eigenvalue weighted by atomic mass is 15.2. The monoisotopic (exact) mass is 272 g/mol. The van der Waals surface area contributed by atoms with Gasteiger partial charge in [-0.2, -0.15) is 0 Å². The summed E-state index contributed by atoms with van der Waals surface area (Å²) in [4.78, 5) is 2.75. The Kier molecular flexibility index (Phi) is 4.42. The van der Waals surface area contributed by atoms with E-state index >= 15 is 0 Å². The molecule has 0 amide bonds. The molecule has 0 saturated carbocycles. The molecule has 1 N–H and O–H groups in total. The van der Waals surface area contributed by atoms with E-state index in [0.29, 0.717) is 12.1 Å². The second-order valence-electron chi connectivity index (χ2n) is 6.46. The van der Waals surface area contributed by atoms with Crippen LogP contribution in [0.3, 0.4) is 0 Å². The summed E-state index contributed by atoms with van der Waals surface area (Å²) in [6.07, 6.45) is 6.69. The molecule has 1 aliphatic carbocycles. The number of fused-ring (bicyclic) bond motifs is 1. The normalized spacial score (nSPS) is 28.3. The molecule has 0 bridgehead atoms. The summed E-state index contributed by atoms with van der Waals surface area (Å²) < 4.78 is 0. The van der Waals surface area contributed by atoms with Crippen LogP contribution in [0.15, 0.2) is 24.3 Å². The average molecular weight is 272 g/mol. The van der Waals surface area contributed by atoms with Gasteiger partial charge in [-0.1, -0.05) is 37.6 Å². The van der Waals surface area contributed by atoms with Gasteiger partial charge in [0.15, 0.2) is 0 Å². The topological polar surface area (TPSA) is 15.3 Å². The number of benzene rings is 1. The molecule has 1 fully saturated rings. The predicted octanol–water partition coefficient (Wildman–Crippen LogP) is 3.38. The van der Waals surface area contributed by atoms with Crippen LogP contribution in [0.2, 0.25) is 0 Å². The summed E-state index contributed by atoms with van der Waals surface area (Å²) in [6.45, 7) is 4.93. The van der Waals surface area contributed by atoms with Gasteiger partial charge >= 0.3 is 0 Å². The number of hydrogen-bond acceptors (Lipinski definition) is 2. The molecular formula is C18H28N2. The molecule has 1 saturated heterocycles. The molecule has 2 nitrogen and oxygen atoms in total. The van der Waals surface area contributed by atoms with Gasteiger partial charge in [-0.25, -0.2) is 0 Å². The maximum absolute atomic E-state index is 3.59. The van der Waals surface area contributed by atoms with E-state index in [4.69, 9.17) is 0 Å². The lowest BCUT2D eigenvalue weighted by Gasteiger charge is -2.44. The van der Waals surface area contributed by atoms with Crippen LogP contribution in [0.5, 0.6) is 0 Å². The minimum atomic E-state index is 0.512. The molecule has 2 heteroatoms. The van der Waals surface area contributed by atoms with Crippen LogP contribution in [0.1, 0.15) is 49.8 Å². The first-order valence-electron chi connectivity index (χ1n) is 8.32. The minimum absolute atomic E-state index is 0.512. The highest BCUT2D eigenvalue weighted by Crippen LogP contribution is 2.34. The van der Waals surface area contributed by atoms with Crippen LogP contribution in [0, 0.1) is 5.92 Å². The van der Waals surface area contributed by atoms with E-state index in [0.717, 1.165) is 5.92 Å². The molecule has 2 unspecified atom stereocenters. The molecule has 2 atom stereocenters. The highest BCUT2D eigenvalue weighted by Gasteiger charge is 2.33. The largest absolute Gasteiger partial charge is 0.312 e. The molecule has 2 aliphatic rings. The highest BCUT2D eigenvalue weighted by molar-refractivity contribution is 5.34. The smallest absolute Gasteiger partial charge is 0.0478 e.